The monoisotopic (exact) mass is 272 g/mol. The van der Waals surface area contributed by atoms with E-state index in [0.717, 1.165) is 16.2 Å². The van der Waals surface area contributed by atoms with Crippen LogP contribution in [0.5, 0.6) is 0 Å². The van der Waals surface area contributed by atoms with Crippen molar-refractivity contribution in [3.8, 4) is 0 Å². The van der Waals surface area contributed by atoms with Crippen LogP contribution in [0, 0.1) is 13.8 Å². The summed E-state index contributed by atoms with van der Waals surface area (Å²) in [7, 11) is -3.22. The van der Waals surface area contributed by atoms with Crippen molar-refractivity contribution < 1.29 is 13.2 Å². The minimum Gasteiger partial charge on any atom is -0.293 e. The molecular weight excluding hydrogens is 256 g/mol. The van der Waals surface area contributed by atoms with Crippen molar-refractivity contribution in [2.24, 2.45) is 0 Å². The topological polar surface area (TPSA) is 51.2 Å². The molecule has 0 saturated carbocycles. The van der Waals surface area contributed by atoms with Crippen LogP contribution in [-0.2, 0) is 9.84 Å². The zero-order chi connectivity index (χ0) is 12.6. The SMILES string of the molecule is Cc1cc(C(=O)C2CCCCS2(=O)=O)c(C)s1. The standard InChI is InChI=1S/C12H16O3S2/c1-8-7-10(9(2)16-8)12(13)11-5-3-4-6-17(11,14)15/h7,11H,3-6H2,1-2H3. The van der Waals surface area contributed by atoms with Gasteiger partial charge in [0.05, 0.1) is 5.75 Å². The third-order valence-electron chi connectivity index (χ3n) is 3.18. The molecule has 1 fully saturated rings. The van der Waals surface area contributed by atoms with Crippen LogP contribution in [0.25, 0.3) is 0 Å². The fourth-order valence-electron chi connectivity index (χ4n) is 2.30. The second kappa shape index (κ2) is 4.53. The van der Waals surface area contributed by atoms with Gasteiger partial charge in [-0.2, -0.15) is 0 Å². The van der Waals surface area contributed by atoms with Crippen molar-refractivity contribution in [3.05, 3.63) is 21.4 Å². The van der Waals surface area contributed by atoms with Crippen LogP contribution in [0.4, 0.5) is 0 Å². The van der Waals surface area contributed by atoms with Gasteiger partial charge in [-0.25, -0.2) is 8.42 Å². The first-order valence-electron chi connectivity index (χ1n) is 5.74. The lowest BCUT2D eigenvalue weighted by Gasteiger charge is -2.20. The number of rotatable bonds is 2. The minimum atomic E-state index is -3.22. The smallest absolute Gasteiger partial charge is 0.182 e. The fourth-order valence-corrected chi connectivity index (χ4v) is 5.10. The number of hydrogen-bond donors (Lipinski definition) is 0. The van der Waals surface area contributed by atoms with E-state index in [1.54, 1.807) is 11.3 Å². The number of aryl methyl sites for hydroxylation is 2. The highest BCUT2D eigenvalue weighted by atomic mass is 32.2. The average Bonchev–Trinajstić information content (AvgIpc) is 2.56. The number of thiophene rings is 1. The van der Waals surface area contributed by atoms with Gasteiger partial charge < -0.3 is 0 Å². The van der Waals surface area contributed by atoms with E-state index in [9.17, 15) is 13.2 Å². The molecule has 2 heterocycles. The summed E-state index contributed by atoms with van der Waals surface area (Å²) < 4.78 is 23.8. The Morgan fingerprint density at radius 3 is 2.59 bits per heavy atom. The fraction of sp³-hybridized carbons (Fsp3) is 0.583. The summed E-state index contributed by atoms with van der Waals surface area (Å²) in [5, 5.41) is -0.802. The first-order valence-corrected chi connectivity index (χ1v) is 8.28. The van der Waals surface area contributed by atoms with Gasteiger partial charge in [0, 0.05) is 15.3 Å². The zero-order valence-corrected chi connectivity index (χ0v) is 11.7. The molecule has 0 aromatic carbocycles. The van der Waals surface area contributed by atoms with E-state index in [0.29, 0.717) is 18.4 Å². The Morgan fingerprint density at radius 2 is 2.06 bits per heavy atom. The van der Waals surface area contributed by atoms with Crippen LogP contribution >= 0.6 is 11.3 Å². The van der Waals surface area contributed by atoms with Crippen molar-refractivity contribution in [2.45, 2.75) is 38.4 Å². The highest BCUT2D eigenvalue weighted by Crippen LogP contribution is 2.27. The molecule has 1 unspecified atom stereocenters. The maximum Gasteiger partial charge on any atom is 0.182 e. The van der Waals surface area contributed by atoms with E-state index >= 15 is 0 Å². The molecule has 0 amide bonds. The van der Waals surface area contributed by atoms with Crippen molar-refractivity contribution in [3.63, 3.8) is 0 Å². The summed E-state index contributed by atoms with van der Waals surface area (Å²) >= 11 is 1.55. The van der Waals surface area contributed by atoms with Gasteiger partial charge in [0.25, 0.3) is 0 Å². The summed E-state index contributed by atoms with van der Waals surface area (Å²) in [6.45, 7) is 3.81. The van der Waals surface area contributed by atoms with Gasteiger partial charge in [-0.1, -0.05) is 6.42 Å². The Labute approximate surface area is 106 Å². The van der Waals surface area contributed by atoms with Gasteiger partial charge in [-0.15, -0.1) is 11.3 Å². The van der Waals surface area contributed by atoms with Crippen LogP contribution in [0.1, 0.15) is 39.4 Å². The van der Waals surface area contributed by atoms with E-state index in [-0.39, 0.29) is 11.5 Å². The normalized spacial score (nSPS) is 23.5. The highest BCUT2D eigenvalue weighted by molar-refractivity contribution is 7.92. The van der Waals surface area contributed by atoms with Crippen molar-refractivity contribution in [1.29, 1.82) is 0 Å². The quantitative estimate of drug-likeness (QED) is 0.777. The molecule has 1 aromatic rings. The average molecular weight is 272 g/mol. The van der Waals surface area contributed by atoms with Crippen molar-refractivity contribution in [1.82, 2.24) is 0 Å². The van der Waals surface area contributed by atoms with Crippen LogP contribution in [0.15, 0.2) is 6.07 Å². The number of carbonyl (C=O) groups excluding carboxylic acids is 1. The van der Waals surface area contributed by atoms with Gasteiger partial charge in [-0.3, -0.25) is 4.79 Å². The molecule has 1 aliphatic rings. The van der Waals surface area contributed by atoms with E-state index in [1.807, 2.05) is 19.9 Å². The molecule has 0 spiro atoms. The lowest BCUT2D eigenvalue weighted by Crippen LogP contribution is -2.35. The predicted molar refractivity (Wildman–Crippen MR) is 69.5 cm³/mol. The summed E-state index contributed by atoms with van der Waals surface area (Å²) in [4.78, 5) is 14.3. The Kier molecular flexibility index (Phi) is 3.41. The molecule has 2 rings (SSSR count). The molecule has 0 bridgehead atoms. The molecule has 0 radical (unpaired) electrons. The van der Waals surface area contributed by atoms with Crippen LogP contribution < -0.4 is 0 Å². The molecular formula is C12H16O3S2. The molecule has 94 valence electrons. The predicted octanol–water partition coefficient (Wildman–Crippen LogP) is 2.51. The van der Waals surface area contributed by atoms with Crippen LogP contribution in [0.2, 0.25) is 0 Å². The summed E-state index contributed by atoms with van der Waals surface area (Å²) in [5.74, 6) is -0.0440. The maximum absolute atomic E-state index is 12.3. The largest absolute Gasteiger partial charge is 0.293 e. The number of Topliss-reactive ketones (excluding diaryl/α,β-unsaturated/α-hetero) is 1. The lowest BCUT2D eigenvalue weighted by atomic mass is 10.0. The summed E-state index contributed by atoms with van der Waals surface area (Å²) in [6.07, 6.45) is 2.00. The Morgan fingerprint density at radius 1 is 1.35 bits per heavy atom. The van der Waals surface area contributed by atoms with Crippen LogP contribution in [0.3, 0.4) is 0 Å². The van der Waals surface area contributed by atoms with Crippen molar-refractivity contribution in [2.75, 3.05) is 5.75 Å². The van der Waals surface area contributed by atoms with E-state index in [1.165, 1.54) is 0 Å². The van der Waals surface area contributed by atoms with Crippen LogP contribution in [-0.4, -0.2) is 25.2 Å². The Hall–Kier alpha value is -0.680. The Balaban J connectivity index is 2.34. The zero-order valence-electron chi connectivity index (χ0n) is 10.0. The molecule has 5 heteroatoms. The molecule has 1 aliphatic heterocycles. The third kappa shape index (κ3) is 2.45. The lowest BCUT2D eigenvalue weighted by molar-refractivity contribution is 0.0981. The van der Waals surface area contributed by atoms with Gasteiger partial charge in [0.2, 0.25) is 0 Å². The second-order valence-electron chi connectivity index (χ2n) is 4.54. The van der Waals surface area contributed by atoms with Gasteiger partial charge in [0.1, 0.15) is 5.25 Å². The van der Waals surface area contributed by atoms with Gasteiger partial charge in [0.15, 0.2) is 15.6 Å². The first kappa shape index (κ1) is 12.8. The Bertz CT molecular complexity index is 540. The number of ketones is 1. The molecule has 1 atom stereocenters. The minimum absolute atomic E-state index is 0.158. The molecule has 1 saturated heterocycles. The van der Waals surface area contributed by atoms with Gasteiger partial charge in [-0.05, 0) is 32.8 Å². The van der Waals surface area contributed by atoms with E-state index in [4.69, 9.17) is 0 Å². The molecule has 3 nitrogen and oxygen atoms in total. The summed E-state index contributed by atoms with van der Waals surface area (Å²) in [5.41, 5.74) is 0.600. The number of hydrogen-bond acceptors (Lipinski definition) is 4. The van der Waals surface area contributed by atoms with Gasteiger partial charge >= 0.3 is 0 Å². The van der Waals surface area contributed by atoms with E-state index in [2.05, 4.69) is 0 Å². The third-order valence-corrected chi connectivity index (χ3v) is 6.32. The van der Waals surface area contributed by atoms with Crippen molar-refractivity contribution >= 4 is 27.0 Å². The second-order valence-corrected chi connectivity index (χ2v) is 8.31. The molecule has 0 aliphatic carbocycles. The maximum atomic E-state index is 12.3. The number of sulfone groups is 1. The number of carbonyl (C=O) groups is 1. The molecule has 1 aromatic heterocycles. The molecule has 17 heavy (non-hydrogen) atoms. The summed E-state index contributed by atoms with van der Waals surface area (Å²) in [6, 6.07) is 1.81. The molecule has 0 N–H and O–H groups in total. The first-order chi connectivity index (χ1) is 7.92. The van der Waals surface area contributed by atoms with E-state index < -0.39 is 15.1 Å². The highest BCUT2D eigenvalue weighted by Gasteiger charge is 2.36.